The van der Waals surface area contributed by atoms with Crippen LogP contribution in [0.3, 0.4) is 0 Å². The van der Waals surface area contributed by atoms with Crippen molar-refractivity contribution in [3.05, 3.63) is 46.8 Å². The number of ketones is 1. The van der Waals surface area contributed by atoms with E-state index >= 15 is 0 Å². The lowest BCUT2D eigenvalue weighted by molar-refractivity contribution is 0.101. The third kappa shape index (κ3) is 2.57. The van der Waals surface area contributed by atoms with Crippen molar-refractivity contribution in [2.45, 2.75) is 13.8 Å². The van der Waals surface area contributed by atoms with Crippen molar-refractivity contribution >= 4 is 17.2 Å². The number of hydrogen-bond donors (Lipinski definition) is 2. The molecular weight excluding hydrogens is 297 g/mol. The first-order valence-electron chi connectivity index (χ1n) is 6.24. The van der Waals surface area contributed by atoms with Gasteiger partial charge >= 0.3 is 0 Å². The Labute approximate surface area is 124 Å². The molecule has 0 aromatic heterocycles. The van der Waals surface area contributed by atoms with Gasteiger partial charge in [-0.05, 0) is 26.0 Å². The third-order valence-electron chi connectivity index (χ3n) is 3.16. The Hall–Kier alpha value is -2.70. The quantitative estimate of drug-likeness (QED) is 0.516. The molecule has 0 amide bonds. The molecule has 0 atom stereocenters. The summed E-state index contributed by atoms with van der Waals surface area (Å²) in [5, 5.41) is 0. The van der Waals surface area contributed by atoms with Crippen LogP contribution in [0.1, 0.15) is 22.8 Å². The van der Waals surface area contributed by atoms with E-state index < -0.39 is 28.9 Å². The van der Waals surface area contributed by atoms with Gasteiger partial charge in [-0.25, -0.2) is 8.78 Å². The molecule has 0 aliphatic heterocycles. The molecule has 7 heteroatoms. The summed E-state index contributed by atoms with van der Waals surface area (Å²) in [5.74, 6) is -5.40. The first-order chi connectivity index (χ1) is 10.2. The predicted molar refractivity (Wildman–Crippen MR) is 76.4 cm³/mol. The molecule has 0 saturated carbocycles. The van der Waals surface area contributed by atoms with E-state index in [2.05, 4.69) is 0 Å². The molecule has 0 spiro atoms. The van der Waals surface area contributed by atoms with Gasteiger partial charge in [-0.15, -0.1) is 0 Å². The van der Waals surface area contributed by atoms with Crippen LogP contribution in [-0.4, -0.2) is 5.78 Å². The topological polar surface area (TPSA) is 78.3 Å². The zero-order valence-electron chi connectivity index (χ0n) is 11.8. The highest BCUT2D eigenvalue weighted by Gasteiger charge is 2.21. The summed E-state index contributed by atoms with van der Waals surface area (Å²) < 4.78 is 46.0. The van der Waals surface area contributed by atoms with Crippen LogP contribution in [0.25, 0.3) is 0 Å². The molecule has 2 aromatic rings. The number of Topliss-reactive ketones (excluding diaryl/α,β-unsaturated/α-hetero) is 1. The van der Waals surface area contributed by atoms with Gasteiger partial charge in [0.05, 0.1) is 5.69 Å². The maximum absolute atomic E-state index is 13.8. The summed E-state index contributed by atoms with van der Waals surface area (Å²) >= 11 is 0. The number of carbonyl (C=O) groups is 1. The predicted octanol–water partition coefficient (Wildman–Crippen LogP) is 3.57. The Morgan fingerprint density at radius 1 is 1.09 bits per heavy atom. The molecule has 2 aromatic carbocycles. The number of ether oxygens (including phenoxy) is 1. The third-order valence-corrected chi connectivity index (χ3v) is 3.16. The summed E-state index contributed by atoms with van der Waals surface area (Å²) in [6, 6.07) is 3.21. The smallest absolute Gasteiger partial charge is 0.204 e. The molecule has 22 heavy (non-hydrogen) atoms. The molecule has 116 valence electrons. The molecule has 0 aliphatic rings. The lowest BCUT2D eigenvalue weighted by atomic mass is 10.0. The zero-order valence-corrected chi connectivity index (χ0v) is 11.8. The van der Waals surface area contributed by atoms with Gasteiger partial charge in [-0.1, -0.05) is 0 Å². The van der Waals surface area contributed by atoms with Crippen molar-refractivity contribution < 1.29 is 22.7 Å². The fourth-order valence-electron chi connectivity index (χ4n) is 2.09. The largest absolute Gasteiger partial charge is 0.451 e. The van der Waals surface area contributed by atoms with Crippen LogP contribution in [0.15, 0.2) is 18.2 Å². The average molecular weight is 310 g/mol. The molecule has 4 nitrogen and oxygen atoms in total. The molecule has 0 unspecified atom stereocenters. The van der Waals surface area contributed by atoms with Crippen LogP contribution in [-0.2, 0) is 0 Å². The molecule has 0 aliphatic carbocycles. The van der Waals surface area contributed by atoms with E-state index in [1.165, 1.54) is 26.0 Å². The number of rotatable bonds is 3. The number of anilines is 2. The van der Waals surface area contributed by atoms with Crippen molar-refractivity contribution in [2.75, 3.05) is 11.5 Å². The number of nitrogen functional groups attached to an aromatic ring is 2. The first kappa shape index (κ1) is 15.7. The lowest BCUT2D eigenvalue weighted by Crippen LogP contribution is -2.06. The van der Waals surface area contributed by atoms with E-state index in [1.54, 1.807) is 0 Å². The Kier molecular flexibility index (Phi) is 3.99. The van der Waals surface area contributed by atoms with Crippen molar-refractivity contribution in [3.63, 3.8) is 0 Å². The van der Waals surface area contributed by atoms with Gasteiger partial charge in [0.1, 0.15) is 5.75 Å². The van der Waals surface area contributed by atoms with Crippen LogP contribution < -0.4 is 16.2 Å². The highest BCUT2D eigenvalue weighted by Crippen LogP contribution is 2.35. The molecule has 0 radical (unpaired) electrons. The number of nitrogens with two attached hydrogens (primary N) is 2. The van der Waals surface area contributed by atoms with Gasteiger partial charge in [0.15, 0.2) is 17.4 Å². The molecule has 0 bridgehead atoms. The minimum absolute atomic E-state index is 0.0257. The van der Waals surface area contributed by atoms with Gasteiger partial charge in [-0.2, -0.15) is 4.39 Å². The minimum Gasteiger partial charge on any atom is -0.451 e. The van der Waals surface area contributed by atoms with Gasteiger partial charge in [0.25, 0.3) is 0 Å². The van der Waals surface area contributed by atoms with Crippen LogP contribution >= 0.6 is 0 Å². The van der Waals surface area contributed by atoms with E-state index in [1.807, 2.05) is 0 Å². The second-order valence-corrected chi connectivity index (χ2v) is 4.72. The highest BCUT2D eigenvalue weighted by molar-refractivity contribution is 6.01. The Balaban J connectivity index is 2.58. The Morgan fingerprint density at radius 2 is 1.73 bits per heavy atom. The molecular formula is C15H13F3N2O2. The number of benzene rings is 2. The van der Waals surface area contributed by atoms with Gasteiger partial charge in [0.2, 0.25) is 11.6 Å². The Bertz CT molecular complexity index is 750. The van der Waals surface area contributed by atoms with E-state index in [9.17, 15) is 18.0 Å². The fourth-order valence-corrected chi connectivity index (χ4v) is 2.09. The summed E-state index contributed by atoms with van der Waals surface area (Å²) in [4.78, 5) is 11.6. The van der Waals surface area contributed by atoms with Crippen LogP contribution in [0.2, 0.25) is 0 Å². The molecule has 0 heterocycles. The zero-order chi connectivity index (χ0) is 16.6. The van der Waals surface area contributed by atoms with E-state index in [4.69, 9.17) is 16.2 Å². The van der Waals surface area contributed by atoms with E-state index in [0.717, 1.165) is 0 Å². The standard InChI is InChI=1S/C15H13F3N2O2/c1-6-11(4-3-9(19)12(6)7(2)21)22-15-13(17)8(16)5-10(20)14(15)18/h3-5H,19-20H2,1-2H3. The van der Waals surface area contributed by atoms with E-state index in [0.29, 0.717) is 6.07 Å². The highest BCUT2D eigenvalue weighted by atomic mass is 19.2. The Morgan fingerprint density at radius 3 is 2.32 bits per heavy atom. The molecule has 2 rings (SSSR count). The van der Waals surface area contributed by atoms with Crippen LogP contribution in [0.4, 0.5) is 24.5 Å². The summed E-state index contributed by atoms with van der Waals surface area (Å²) in [5.41, 5.74) is 11.0. The number of hydrogen-bond acceptors (Lipinski definition) is 4. The fraction of sp³-hybridized carbons (Fsp3) is 0.133. The van der Waals surface area contributed by atoms with Crippen LogP contribution in [0.5, 0.6) is 11.5 Å². The number of halogens is 3. The van der Waals surface area contributed by atoms with Crippen molar-refractivity contribution in [1.29, 1.82) is 0 Å². The SMILES string of the molecule is CC(=O)c1c(N)ccc(Oc2c(F)c(N)cc(F)c2F)c1C. The second-order valence-electron chi connectivity index (χ2n) is 4.72. The second kappa shape index (κ2) is 5.59. The van der Waals surface area contributed by atoms with Crippen molar-refractivity contribution in [1.82, 2.24) is 0 Å². The first-order valence-corrected chi connectivity index (χ1v) is 6.24. The molecule has 0 fully saturated rings. The summed E-state index contributed by atoms with van der Waals surface area (Å²) in [7, 11) is 0. The van der Waals surface area contributed by atoms with E-state index in [-0.39, 0.29) is 28.3 Å². The summed E-state index contributed by atoms with van der Waals surface area (Å²) in [6.45, 7) is 2.80. The molecule has 0 saturated heterocycles. The minimum atomic E-state index is -1.51. The summed E-state index contributed by atoms with van der Waals surface area (Å²) in [6.07, 6.45) is 0. The van der Waals surface area contributed by atoms with Gasteiger partial charge in [-0.3, -0.25) is 4.79 Å². The lowest BCUT2D eigenvalue weighted by Gasteiger charge is -2.14. The van der Waals surface area contributed by atoms with Crippen molar-refractivity contribution in [2.24, 2.45) is 0 Å². The van der Waals surface area contributed by atoms with Crippen LogP contribution in [0, 0.1) is 24.4 Å². The maximum atomic E-state index is 13.8. The number of carbonyl (C=O) groups excluding carboxylic acids is 1. The van der Waals surface area contributed by atoms with Gasteiger partial charge in [0, 0.05) is 22.9 Å². The maximum Gasteiger partial charge on any atom is 0.204 e. The monoisotopic (exact) mass is 310 g/mol. The van der Waals surface area contributed by atoms with Gasteiger partial charge < -0.3 is 16.2 Å². The normalized spacial score (nSPS) is 10.6. The average Bonchev–Trinajstić information content (AvgIpc) is 2.43. The molecule has 4 N–H and O–H groups in total. The van der Waals surface area contributed by atoms with Crippen molar-refractivity contribution in [3.8, 4) is 11.5 Å².